The highest BCUT2D eigenvalue weighted by molar-refractivity contribution is 6.37. The van der Waals surface area contributed by atoms with E-state index in [-0.39, 0.29) is 11.8 Å². The summed E-state index contributed by atoms with van der Waals surface area (Å²) in [5.74, 6) is 0.372. The van der Waals surface area contributed by atoms with Crippen LogP contribution in [0, 0.1) is 0 Å². The molecule has 0 aromatic heterocycles. The first-order chi connectivity index (χ1) is 19.2. The number of hydrogen-bond donors (Lipinski definition) is 2. The van der Waals surface area contributed by atoms with E-state index in [1.807, 2.05) is 61.5 Å². The highest BCUT2D eigenvalue weighted by Crippen LogP contribution is 2.40. The molecule has 3 aromatic rings. The Hall–Kier alpha value is -4.83. The van der Waals surface area contributed by atoms with E-state index in [4.69, 9.17) is 14.2 Å². The molecule has 3 aromatic carbocycles. The maximum Gasteiger partial charge on any atom is 0.337 e. The first kappa shape index (κ1) is 26.8. The van der Waals surface area contributed by atoms with Gasteiger partial charge in [-0.2, -0.15) is 0 Å². The van der Waals surface area contributed by atoms with Crippen LogP contribution in [-0.4, -0.2) is 70.7 Å². The number of hydrogen-bond acceptors (Lipinski definition) is 8. The third kappa shape index (κ3) is 5.34. The monoisotopic (exact) mass is 542 g/mol. The summed E-state index contributed by atoms with van der Waals surface area (Å²) >= 11 is 0. The summed E-state index contributed by atoms with van der Waals surface area (Å²) in [5, 5.41) is 6.28. The van der Waals surface area contributed by atoms with Crippen LogP contribution in [0.3, 0.4) is 0 Å². The zero-order chi connectivity index (χ0) is 28.4. The molecular formula is C30H30N4O6. The van der Waals surface area contributed by atoms with Gasteiger partial charge in [0.1, 0.15) is 13.2 Å². The third-order valence-electron chi connectivity index (χ3n) is 6.62. The number of rotatable bonds is 7. The van der Waals surface area contributed by atoms with Crippen molar-refractivity contribution in [1.29, 1.82) is 0 Å². The molecule has 0 spiro atoms. The predicted octanol–water partition coefficient (Wildman–Crippen LogP) is 3.70. The van der Waals surface area contributed by atoms with Gasteiger partial charge in [-0.05, 0) is 68.7 Å². The molecule has 0 saturated carbocycles. The second-order valence-electron chi connectivity index (χ2n) is 9.68. The number of benzene rings is 3. The predicted molar refractivity (Wildman–Crippen MR) is 153 cm³/mol. The van der Waals surface area contributed by atoms with E-state index < -0.39 is 5.97 Å². The molecule has 0 bridgehead atoms. The van der Waals surface area contributed by atoms with Gasteiger partial charge in [-0.25, -0.2) is 4.79 Å². The number of fused-ring (bicyclic) bond motifs is 2. The highest BCUT2D eigenvalue weighted by Gasteiger charge is 2.30. The van der Waals surface area contributed by atoms with Crippen LogP contribution in [-0.2, 0) is 14.3 Å². The summed E-state index contributed by atoms with van der Waals surface area (Å²) in [5.41, 5.74) is 4.60. The average molecular weight is 543 g/mol. The number of amides is 2. The van der Waals surface area contributed by atoms with Gasteiger partial charge in [-0.3, -0.25) is 9.59 Å². The third-order valence-corrected chi connectivity index (χ3v) is 6.62. The Kier molecular flexibility index (Phi) is 7.43. The fourth-order valence-electron chi connectivity index (χ4n) is 4.58. The molecule has 0 fully saturated rings. The number of carbonyl (C=O) groups is 3. The Balaban J connectivity index is 1.55. The molecule has 2 amide bonds. The molecule has 2 aliphatic rings. The standard InChI is InChI=1S/C30H30N4O6/c1-33(2)17-26(35)34(3)21-9-7-20(8-10-21)31-28(18-6-12-24-25(16-18)40-14-13-39-24)27-22-11-5-19(30(37)38-4)15-23(22)32-29(27)36/h5-12,15-16,31H,13-14,17H2,1-4H3,(H,32,36). The van der Waals surface area contributed by atoms with Crippen LogP contribution in [0.25, 0.3) is 11.3 Å². The number of nitrogens with one attached hydrogen (secondary N) is 2. The Morgan fingerprint density at radius 1 is 0.925 bits per heavy atom. The number of nitrogens with zero attached hydrogens (tertiary/aromatic N) is 2. The van der Waals surface area contributed by atoms with Gasteiger partial charge in [0.15, 0.2) is 11.5 Å². The molecule has 0 saturated heterocycles. The molecule has 10 heteroatoms. The van der Waals surface area contributed by atoms with Crippen molar-refractivity contribution in [1.82, 2.24) is 4.90 Å². The Morgan fingerprint density at radius 3 is 2.33 bits per heavy atom. The van der Waals surface area contributed by atoms with Crippen LogP contribution in [0.5, 0.6) is 11.5 Å². The lowest BCUT2D eigenvalue weighted by Gasteiger charge is -2.22. The van der Waals surface area contributed by atoms with Crippen molar-refractivity contribution in [3.8, 4) is 11.5 Å². The van der Waals surface area contributed by atoms with E-state index in [1.54, 1.807) is 30.1 Å². The summed E-state index contributed by atoms with van der Waals surface area (Å²) in [6.45, 7) is 1.19. The van der Waals surface area contributed by atoms with Crippen LogP contribution in [0.1, 0.15) is 21.5 Å². The number of anilines is 3. The molecule has 5 rings (SSSR count). The maximum absolute atomic E-state index is 13.4. The number of likely N-dealkylation sites (N-methyl/N-ethyl adjacent to an activating group) is 2. The summed E-state index contributed by atoms with van der Waals surface area (Å²) in [6, 6.07) is 17.8. The van der Waals surface area contributed by atoms with Crippen LogP contribution in [0.4, 0.5) is 17.1 Å². The van der Waals surface area contributed by atoms with Crippen LogP contribution in [0.15, 0.2) is 60.7 Å². The van der Waals surface area contributed by atoms with Gasteiger partial charge in [-0.1, -0.05) is 6.07 Å². The number of ether oxygens (including phenoxy) is 3. The second-order valence-corrected chi connectivity index (χ2v) is 9.68. The van der Waals surface area contributed by atoms with Gasteiger partial charge in [0.2, 0.25) is 5.91 Å². The van der Waals surface area contributed by atoms with Crippen LogP contribution in [0.2, 0.25) is 0 Å². The van der Waals surface area contributed by atoms with Gasteiger partial charge in [0.25, 0.3) is 5.91 Å². The van der Waals surface area contributed by atoms with Crippen LogP contribution >= 0.6 is 0 Å². The molecule has 2 heterocycles. The highest BCUT2D eigenvalue weighted by atomic mass is 16.6. The number of esters is 1. The van der Waals surface area contributed by atoms with E-state index in [9.17, 15) is 14.4 Å². The molecule has 0 atom stereocenters. The second kappa shape index (κ2) is 11.1. The summed E-state index contributed by atoms with van der Waals surface area (Å²) < 4.78 is 16.3. The van der Waals surface area contributed by atoms with E-state index in [1.165, 1.54) is 7.11 Å². The summed E-state index contributed by atoms with van der Waals surface area (Å²) in [7, 11) is 6.74. The molecule has 206 valence electrons. The molecule has 2 aliphatic heterocycles. The number of carbonyl (C=O) groups excluding carboxylic acids is 3. The quantitative estimate of drug-likeness (QED) is 0.344. The van der Waals surface area contributed by atoms with Crippen LogP contribution < -0.4 is 25.0 Å². The van der Waals surface area contributed by atoms with Crippen molar-refractivity contribution >= 4 is 46.1 Å². The molecule has 10 nitrogen and oxygen atoms in total. The lowest BCUT2D eigenvalue weighted by atomic mass is 9.98. The Morgan fingerprint density at radius 2 is 1.62 bits per heavy atom. The molecule has 2 N–H and O–H groups in total. The molecule has 0 radical (unpaired) electrons. The minimum atomic E-state index is -0.492. The van der Waals surface area contributed by atoms with Gasteiger partial charge < -0.3 is 34.6 Å². The van der Waals surface area contributed by atoms with E-state index in [0.29, 0.717) is 70.6 Å². The molecule has 40 heavy (non-hydrogen) atoms. The topological polar surface area (TPSA) is 109 Å². The van der Waals surface area contributed by atoms with Crippen molar-refractivity contribution in [2.75, 3.05) is 63.5 Å². The largest absolute Gasteiger partial charge is 0.486 e. The van der Waals surface area contributed by atoms with Crippen molar-refractivity contribution in [2.24, 2.45) is 0 Å². The fraction of sp³-hybridized carbons (Fsp3) is 0.233. The van der Waals surface area contributed by atoms with Gasteiger partial charge in [0, 0.05) is 29.5 Å². The van der Waals surface area contributed by atoms with E-state index in [0.717, 1.165) is 5.69 Å². The summed E-state index contributed by atoms with van der Waals surface area (Å²) in [4.78, 5) is 41.3. The minimum absolute atomic E-state index is 0.0321. The Bertz CT molecular complexity index is 1510. The smallest absolute Gasteiger partial charge is 0.337 e. The van der Waals surface area contributed by atoms with Crippen molar-refractivity contribution in [3.63, 3.8) is 0 Å². The maximum atomic E-state index is 13.4. The lowest BCUT2D eigenvalue weighted by Crippen LogP contribution is -2.34. The minimum Gasteiger partial charge on any atom is -0.486 e. The van der Waals surface area contributed by atoms with Gasteiger partial charge >= 0.3 is 5.97 Å². The summed E-state index contributed by atoms with van der Waals surface area (Å²) in [6.07, 6.45) is 0. The SMILES string of the molecule is COC(=O)c1ccc2c(c1)NC(=O)C2=C(Nc1ccc(N(C)C(=O)CN(C)C)cc1)c1ccc2c(c1)OCCO2. The first-order valence-corrected chi connectivity index (χ1v) is 12.7. The number of methoxy groups -OCH3 is 1. The Labute approximate surface area is 232 Å². The van der Waals surface area contributed by atoms with Crippen molar-refractivity contribution < 1.29 is 28.6 Å². The van der Waals surface area contributed by atoms with Gasteiger partial charge in [-0.15, -0.1) is 0 Å². The van der Waals surface area contributed by atoms with Crippen molar-refractivity contribution in [2.45, 2.75) is 0 Å². The molecule has 0 unspecified atom stereocenters. The zero-order valence-electron chi connectivity index (χ0n) is 22.7. The molecule has 0 aliphatic carbocycles. The molecular weight excluding hydrogens is 512 g/mol. The fourth-order valence-corrected chi connectivity index (χ4v) is 4.58. The van der Waals surface area contributed by atoms with Crippen molar-refractivity contribution in [3.05, 3.63) is 77.4 Å². The average Bonchev–Trinajstić information content (AvgIpc) is 3.29. The van der Waals surface area contributed by atoms with E-state index >= 15 is 0 Å². The van der Waals surface area contributed by atoms with E-state index in [2.05, 4.69) is 10.6 Å². The normalized spacial score (nSPS) is 14.8. The van der Waals surface area contributed by atoms with Gasteiger partial charge in [0.05, 0.1) is 36.2 Å². The zero-order valence-corrected chi connectivity index (χ0v) is 22.7. The first-order valence-electron chi connectivity index (χ1n) is 12.7. The lowest BCUT2D eigenvalue weighted by molar-refractivity contribution is -0.119.